The summed E-state index contributed by atoms with van der Waals surface area (Å²) in [6.45, 7) is 3.54. The SMILES string of the molecule is COC(=O)CN1CCN(c2cccc(-n3cnc4cc(C(=O)[O-])ccc43)c2)CC1. The zero-order valence-electron chi connectivity index (χ0n) is 16.1. The van der Waals surface area contributed by atoms with Gasteiger partial charge in [0.15, 0.2) is 0 Å². The number of carbonyl (C=O) groups is 2. The number of piperazine rings is 1. The van der Waals surface area contributed by atoms with Gasteiger partial charge in [-0.2, -0.15) is 0 Å². The molecule has 1 aliphatic rings. The molecule has 0 spiro atoms. The van der Waals surface area contributed by atoms with Crippen molar-refractivity contribution < 1.29 is 19.4 Å². The highest BCUT2D eigenvalue weighted by molar-refractivity contribution is 5.91. The summed E-state index contributed by atoms with van der Waals surface area (Å²) in [4.78, 5) is 31.2. The van der Waals surface area contributed by atoms with Crippen molar-refractivity contribution >= 4 is 28.7 Å². The highest BCUT2D eigenvalue weighted by Gasteiger charge is 2.19. The second-order valence-electron chi connectivity index (χ2n) is 6.96. The van der Waals surface area contributed by atoms with Crippen molar-refractivity contribution in [1.29, 1.82) is 0 Å². The van der Waals surface area contributed by atoms with E-state index in [1.165, 1.54) is 19.2 Å². The van der Waals surface area contributed by atoms with Gasteiger partial charge in [-0.3, -0.25) is 14.3 Å². The molecule has 1 aromatic heterocycles. The molecule has 0 atom stereocenters. The minimum absolute atomic E-state index is 0.112. The summed E-state index contributed by atoms with van der Waals surface area (Å²) in [5.74, 6) is -1.43. The number of nitrogens with zero attached hydrogens (tertiary/aromatic N) is 4. The molecule has 0 amide bonds. The van der Waals surface area contributed by atoms with Gasteiger partial charge in [0.05, 0.1) is 30.7 Å². The molecule has 0 aliphatic carbocycles. The summed E-state index contributed by atoms with van der Waals surface area (Å²) in [6, 6.07) is 12.9. The third-order valence-corrected chi connectivity index (χ3v) is 5.21. The van der Waals surface area contributed by atoms with Crippen molar-refractivity contribution in [2.45, 2.75) is 0 Å². The van der Waals surface area contributed by atoms with Gasteiger partial charge in [0.1, 0.15) is 6.33 Å². The molecule has 150 valence electrons. The fraction of sp³-hybridized carbons (Fsp3) is 0.286. The fourth-order valence-corrected chi connectivity index (χ4v) is 3.60. The highest BCUT2D eigenvalue weighted by Crippen LogP contribution is 2.24. The van der Waals surface area contributed by atoms with Crippen LogP contribution in [0.25, 0.3) is 16.7 Å². The Kier molecular flexibility index (Phi) is 5.18. The molecule has 29 heavy (non-hydrogen) atoms. The quantitative estimate of drug-likeness (QED) is 0.589. The summed E-state index contributed by atoms with van der Waals surface area (Å²) in [7, 11) is 1.41. The summed E-state index contributed by atoms with van der Waals surface area (Å²) in [5.41, 5.74) is 3.58. The molecule has 0 N–H and O–H groups in total. The van der Waals surface area contributed by atoms with Crippen molar-refractivity contribution in [3.8, 4) is 5.69 Å². The number of aromatic carboxylic acids is 1. The minimum atomic E-state index is -1.21. The number of hydrogen-bond donors (Lipinski definition) is 0. The Hall–Kier alpha value is -3.39. The molecule has 3 aromatic rings. The van der Waals surface area contributed by atoms with Crippen LogP contribution in [0.1, 0.15) is 10.4 Å². The Bertz CT molecular complexity index is 1050. The molecule has 2 aromatic carbocycles. The lowest BCUT2D eigenvalue weighted by molar-refractivity contribution is -0.255. The molecule has 8 heteroatoms. The van der Waals surface area contributed by atoms with Gasteiger partial charge in [-0.15, -0.1) is 0 Å². The van der Waals surface area contributed by atoms with Crippen LogP contribution in [0.4, 0.5) is 5.69 Å². The first-order valence-corrected chi connectivity index (χ1v) is 9.38. The maximum Gasteiger partial charge on any atom is 0.319 e. The number of fused-ring (bicyclic) bond motifs is 1. The lowest BCUT2D eigenvalue weighted by atomic mass is 10.2. The van der Waals surface area contributed by atoms with Gasteiger partial charge in [-0.1, -0.05) is 12.1 Å². The van der Waals surface area contributed by atoms with Gasteiger partial charge in [0.2, 0.25) is 0 Å². The maximum absolute atomic E-state index is 11.5. The number of aromatic nitrogens is 2. The van der Waals surface area contributed by atoms with Crippen LogP contribution in [0, 0.1) is 0 Å². The van der Waals surface area contributed by atoms with Crippen LogP contribution >= 0.6 is 0 Å². The van der Waals surface area contributed by atoms with Crippen LogP contribution < -0.4 is 10.0 Å². The van der Waals surface area contributed by atoms with E-state index >= 15 is 0 Å². The van der Waals surface area contributed by atoms with Crippen LogP contribution in [0.15, 0.2) is 48.8 Å². The van der Waals surface area contributed by atoms with Crippen molar-refractivity contribution in [3.63, 3.8) is 0 Å². The Morgan fingerprint density at radius 2 is 1.83 bits per heavy atom. The van der Waals surface area contributed by atoms with E-state index < -0.39 is 5.97 Å². The maximum atomic E-state index is 11.5. The zero-order valence-corrected chi connectivity index (χ0v) is 16.1. The first-order chi connectivity index (χ1) is 14.0. The summed E-state index contributed by atoms with van der Waals surface area (Å²) < 4.78 is 6.67. The number of rotatable bonds is 5. The Morgan fingerprint density at radius 3 is 2.55 bits per heavy atom. The van der Waals surface area contributed by atoms with Crippen LogP contribution in [0.2, 0.25) is 0 Å². The number of carboxylic acids is 1. The van der Waals surface area contributed by atoms with Crippen LogP contribution in [-0.4, -0.2) is 66.2 Å². The predicted octanol–water partition coefficient (Wildman–Crippen LogP) is 0.684. The van der Waals surface area contributed by atoms with E-state index in [9.17, 15) is 14.7 Å². The molecule has 8 nitrogen and oxygen atoms in total. The standard InChI is InChI=1S/C21H22N4O4/c1-29-20(26)13-23-7-9-24(10-8-23)16-3-2-4-17(12-16)25-14-22-18-11-15(21(27)28)5-6-19(18)25/h2-6,11-12,14H,7-10,13H2,1H3,(H,27,28)/p-1. The van der Waals surface area contributed by atoms with Gasteiger partial charge in [0, 0.05) is 37.6 Å². The molecule has 2 heterocycles. The van der Waals surface area contributed by atoms with Crippen molar-refractivity contribution in [2.75, 3.05) is 44.7 Å². The van der Waals surface area contributed by atoms with Gasteiger partial charge < -0.3 is 19.5 Å². The molecule has 0 saturated carbocycles. The van der Waals surface area contributed by atoms with E-state index in [1.807, 2.05) is 16.7 Å². The number of methoxy groups -OCH3 is 1. The Balaban J connectivity index is 1.53. The van der Waals surface area contributed by atoms with E-state index in [2.05, 4.69) is 26.9 Å². The third kappa shape index (κ3) is 3.93. The number of carboxylic acid groups (broad SMARTS) is 1. The molecule has 1 aliphatic heterocycles. The highest BCUT2D eigenvalue weighted by atomic mass is 16.5. The fourth-order valence-electron chi connectivity index (χ4n) is 3.60. The monoisotopic (exact) mass is 393 g/mol. The smallest absolute Gasteiger partial charge is 0.319 e. The molecule has 0 unspecified atom stereocenters. The third-order valence-electron chi connectivity index (χ3n) is 5.21. The van der Waals surface area contributed by atoms with E-state index in [0.717, 1.165) is 43.1 Å². The Morgan fingerprint density at radius 1 is 1.07 bits per heavy atom. The number of carbonyl (C=O) groups excluding carboxylic acids is 2. The number of ether oxygens (including phenoxy) is 1. The first kappa shape index (κ1) is 18.9. The lowest BCUT2D eigenvalue weighted by Crippen LogP contribution is -2.48. The zero-order chi connectivity index (χ0) is 20.4. The van der Waals surface area contributed by atoms with Gasteiger partial charge in [-0.05, 0) is 35.9 Å². The summed E-state index contributed by atoms with van der Waals surface area (Å²) in [5, 5.41) is 11.1. The molecule has 0 radical (unpaired) electrons. The molecular weight excluding hydrogens is 372 g/mol. The molecule has 1 fully saturated rings. The predicted molar refractivity (Wildman–Crippen MR) is 106 cm³/mol. The number of anilines is 1. The van der Waals surface area contributed by atoms with Gasteiger partial charge in [-0.25, -0.2) is 4.98 Å². The van der Waals surface area contributed by atoms with Gasteiger partial charge >= 0.3 is 5.97 Å². The summed E-state index contributed by atoms with van der Waals surface area (Å²) >= 11 is 0. The second-order valence-corrected chi connectivity index (χ2v) is 6.96. The van der Waals surface area contributed by atoms with E-state index in [1.54, 1.807) is 12.4 Å². The molecule has 4 rings (SSSR count). The largest absolute Gasteiger partial charge is 0.545 e. The van der Waals surface area contributed by atoms with Gasteiger partial charge in [0.25, 0.3) is 0 Å². The normalized spacial score (nSPS) is 14.9. The topological polar surface area (TPSA) is 90.7 Å². The average Bonchev–Trinajstić information content (AvgIpc) is 3.17. The van der Waals surface area contributed by atoms with Crippen molar-refractivity contribution in [3.05, 3.63) is 54.4 Å². The van der Waals surface area contributed by atoms with E-state index in [4.69, 9.17) is 4.74 Å². The number of imidazole rings is 1. The van der Waals surface area contributed by atoms with E-state index in [0.29, 0.717) is 12.1 Å². The summed E-state index contributed by atoms with van der Waals surface area (Å²) in [6.07, 6.45) is 1.69. The number of benzene rings is 2. The van der Waals surface area contributed by atoms with Crippen LogP contribution in [0.5, 0.6) is 0 Å². The molecular formula is C21H21N4O4-. The second kappa shape index (κ2) is 7.92. The average molecular weight is 393 g/mol. The van der Waals surface area contributed by atoms with Crippen LogP contribution in [-0.2, 0) is 9.53 Å². The van der Waals surface area contributed by atoms with E-state index in [-0.39, 0.29) is 11.5 Å². The minimum Gasteiger partial charge on any atom is -0.545 e. The first-order valence-electron chi connectivity index (χ1n) is 9.38. The number of hydrogen-bond acceptors (Lipinski definition) is 7. The lowest BCUT2D eigenvalue weighted by Gasteiger charge is -2.35. The number of esters is 1. The molecule has 1 saturated heterocycles. The van der Waals surface area contributed by atoms with Crippen LogP contribution in [0.3, 0.4) is 0 Å². The van der Waals surface area contributed by atoms with Crippen molar-refractivity contribution in [1.82, 2.24) is 14.5 Å². The van der Waals surface area contributed by atoms with Crippen molar-refractivity contribution in [2.24, 2.45) is 0 Å². The molecule has 0 bridgehead atoms. The Labute approximate surface area is 167 Å².